The van der Waals surface area contributed by atoms with Crippen molar-refractivity contribution < 1.29 is 13.3 Å². The summed E-state index contributed by atoms with van der Waals surface area (Å²) in [6, 6.07) is 73.2. The standard InChI is InChI=1S/C61H34N2O3/c1-5-13-51-49(12-1)59-50(30-29-48-45-11-4-8-16-56(45)66-61(48)59)60(62-51)35-17-23-40(24-18-35)63-52-31-36(38-21-27-46-43-9-2-6-14-54(43)64-57(46)33-38)19-25-41(52)42-26-20-37(32-53(42)63)39-22-28-47-44-10-3-7-15-55(44)65-58(47)34-39/h1-34H. The van der Waals surface area contributed by atoms with Gasteiger partial charge in [-0.1, -0.05) is 127 Å². The Morgan fingerprint density at radius 3 is 1.32 bits per heavy atom. The predicted octanol–water partition coefficient (Wildman–Crippen LogP) is 17.2. The van der Waals surface area contributed by atoms with E-state index in [-0.39, 0.29) is 0 Å². The topological polar surface area (TPSA) is 57.2 Å². The molecule has 0 N–H and O–H groups in total. The van der Waals surface area contributed by atoms with Gasteiger partial charge in [0.2, 0.25) is 0 Å². The second-order valence-corrected chi connectivity index (χ2v) is 17.4. The Kier molecular flexibility index (Phi) is 7.16. The minimum absolute atomic E-state index is 0.881. The van der Waals surface area contributed by atoms with E-state index in [1.54, 1.807) is 0 Å². The lowest BCUT2D eigenvalue weighted by molar-refractivity contribution is 0.668. The van der Waals surface area contributed by atoms with Crippen molar-refractivity contribution in [2.75, 3.05) is 0 Å². The van der Waals surface area contributed by atoms with Gasteiger partial charge in [0.1, 0.15) is 33.5 Å². The van der Waals surface area contributed by atoms with Crippen LogP contribution in [0.4, 0.5) is 0 Å². The highest BCUT2D eigenvalue weighted by molar-refractivity contribution is 6.25. The maximum Gasteiger partial charge on any atom is 0.144 e. The third kappa shape index (κ3) is 5.08. The number of nitrogens with zero attached hydrogens (tertiary/aromatic N) is 2. The van der Waals surface area contributed by atoms with Gasteiger partial charge in [0.25, 0.3) is 0 Å². The van der Waals surface area contributed by atoms with Crippen LogP contribution in [0.1, 0.15) is 0 Å². The lowest BCUT2D eigenvalue weighted by Crippen LogP contribution is -1.95. The Labute approximate surface area is 375 Å². The Balaban J connectivity index is 0.926. The summed E-state index contributed by atoms with van der Waals surface area (Å²) in [5.74, 6) is 0. The number of aromatic nitrogens is 2. The predicted molar refractivity (Wildman–Crippen MR) is 272 cm³/mol. The zero-order valence-electron chi connectivity index (χ0n) is 35.2. The Bertz CT molecular complexity index is 4350. The molecule has 66 heavy (non-hydrogen) atoms. The van der Waals surface area contributed by atoms with Crippen LogP contribution in [0.3, 0.4) is 0 Å². The second-order valence-electron chi connectivity index (χ2n) is 17.4. The van der Waals surface area contributed by atoms with E-state index < -0.39 is 0 Å². The Hall–Kier alpha value is -8.93. The molecule has 0 aliphatic heterocycles. The normalized spacial score (nSPS) is 12.2. The van der Waals surface area contributed by atoms with Crippen molar-refractivity contribution in [3.8, 4) is 39.2 Å². The van der Waals surface area contributed by atoms with E-state index in [1.165, 1.54) is 10.8 Å². The number of furan rings is 3. The summed E-state index contributed by atoms with van der Waals surface area (Å²) in [6.07, 6.45) is 0. The van der Waals surface area contributed by atoms with E-state index in [4.69, 9.17) is 18.2 Å². The van der Waals surface area contributed by atoms with Crippen LogP contribution in [-0.4, -0.2) is 9.55 Å². The molecule has 0 saturated carbocycles. The maximum atomic E-state index is 6.63. The van der Waals surface area contributed by atoms with Crippen LogP contribution in [0.15, 0.2) is 220 Å². The van der Waals surface area contributed by atoms with Crippen molar-refractivity contribution in [1.29, 1.82) is 0 Å². The molecule has 0 unspecified atom stereocenters. The molecule has 5 aromatic heterocycles. The molecule has 10 aromatic carbocycles. The zero-order valence-corrected chi connectivity index (χ0v) is 35.2. The Morgan fingerprint density at radius 1 is 0.303 bits per heavy atom. The largest absolute Gasteiger partial charge is 0.456 e. The van der Waals surface area contributed by atoms with Crippen LogP contribution in [0.5, 0.6) is 0 Å². The number of rotatable bonds is 4. The fraction of sp³-hybridized carbons (Fsp3) is 0. The van der Waals surface area contributed by atoms with E-state index in [0.717, 1.165) is 138 Å². The van der Waals surface area contributed by atoms with E-state index in [2.05, 4.69) is 174 Å². The lowest BCUT2D eigenvalue weighted by atomic mass is 9.97. The summed E-state index contributed by atoms with van der Waals surface area (Å²) in [5.41, 5.74) is 15.9. The SMILES string of the molecule is c1ccc2c(c1)nc(-c1ccc(-n3c4cc(-c5ccc6c(c5)oc5ccccc56)ccc4c4ccc(-c5ccc6c(c5)oc5ccccc56)cc43)cc1)c1ccc3c4ccccc4oc3c12. The number of hydrogen-bond donors (Lipinski definition) is 0. The van der Waals surface area contributed by atoms with Crippen LogP contribution in [0.25, 0.3) is 148 Å². The molecule has 0 amide bonds. The van der Waals surface area contributed by atoms with Gasteiger partial charge in [-0.2, -0.15) is 0 Å². The molecule has 0 radical (unpaired) electrons. The molecule has 306 valence electrons. The van der Waals surface area contributed by atoms with Gasteiger partial charge in [0.05, 0.1) is 22.2 Å². The summed E-state index contributed by atoms with van der Waals surface area (Å²) in [5, 5.41) is 12.3. The summed E-state index contributed by atoms with van der Waals surface area (Å²) in [6.45, 7) is 0. The first-order valence-electron chi connectivity index (χ1n) is 22.3. The molecular weight excluding hydrogens is 809 g/mol. The second kappa shape index (κ2) is 13.3. The summed E-state index contributed by atoms with van der Waals surface area (Å²) < 4.78 is 21.7. The van der Waals surface area contributed by atoms with E-state index in [0.29, 0.717) is 0 Å². The highest BCUT2D eigenvalue weighted by Crippen LogP contribution is 2.43. The van der Waals surface area contributed by atoms with E-state index in [1.807, 2.05) is 36.4 Å². The van der Waals surface area contributed by atoms with Crippen molar-refractivity contribution in [2.24, 2.45) is 0 Å². The molecule has 0 bridgehead atoms. The number of benzene rings is 10. The molecule has 15 aromatic rings. The molecule has 0 fully saturated rings. The third-order valence-electron chi connectivity index (χ3n) is 13.8. The first-order valence-corrected chi connectivity index (χ1v) is 22.3. The van der Waals surface area contributed by atoms with Crippen LogP contribution < -0.4 is 0 Å². The fourth-order valence-corrected chi connectivity index (χ4v) is 10.7. The van der Waals surface area contributed by atoms with Crippen LogP contribution in [0.2, 0.25) is 0 Å². The van der Waals surface area contributed by atoms with Crippen LogP contribution >= 0.6 is 0 Å². The number of para-hydroxylation sites is 4. The van der Waals surface area contributed by atoms with Gasteiger partial charge in [-0.25, -0.2) is 4.98 Å². The van der Waals surface area contributed by atoms with E-state index >= 15 is 0 Å². The monoisotopic (exact) mass is 842 g/mol. The van der Waals surface area contributed by atoms with Crippen molar-refractivity contribution >= 4 is 109 Å². The quantitative estimate of drug-likeness (QED) is 0.166. The molecule has 15 rings (SSSR count). The minimum atomic E-state index is 0.881. The van der Waals surface area contributed by atoms with Gasteiger partial charge in [-0.05, 0) is 101 Å². The average molecular weight is 843 g/mol. The maximum absolute atomic E-state index is 6.63. The van der Waals surface area contributed by atoms with Crippen molar-refractivity contribution in [3.63, 3.8) is 0 Å². The van der Waals surface area contributed by atoms with Gasteiger partial charge in [0, 0.05) is 70.5 Å². The first kappa shape index (κ1) is 35.5. The van der Waals surface area contributed by atoms with Crippen molar-refractivity contribution in [1.82, 2.24) is 9.55 Å². The fourth-order valence-electron chi connectivity index (χ4n) is 10.7. The molecule has 0 spiro atoms. The van der Waals surface area contributed by atoms with Crippen LogP contribution in [-0.2, 0) is 0 Å². The molecule has 0 aliphatic rings. The smallest absolute Gasteiger partial charge is 0.144 e. The van der Waals surface area contributed by atoms with Crippen molar-refractivity contribution in [3.05, 3.63) is 206 Å². The van der Waals surface area contributed by atoms with Gasteiger partial charge in [-0.3, -0.25) is 0 Å². The molecule has 5 heteroatoms. The highest BCUT2D eigenvalue weighted by atomic mass is 16.3. The molecule has 5 nitrogen and oxygen atoms in total. The van der Waals surface area contributed by atoms with Gasteiger partial charge in [-0.15, -0.1) is 0 Å². The first-order chi connectivity index (χ1) is 32.7. The molecule has 5 heterocycles. The summed E-state index contributed by atoms with van der Waals surface area (Å²) in [4.78, 5) is 5.32. The molecular formula is C61H34N2O3. The van der Waals surface area contributed by atoms with Gasteiger partial charge in [0.15, 0.2) is 0 Å². The molecule has 0 saturated heterocycles. The summed E-state index contributed by atoms with van der Waals surface area (Å²) in [7, 11) is 0. The van der Waals surface area contributed by atoms with E-state index in [9.17, 15) is 0 Å². The van der Waals surface area contributed by atoms with Gasteiger partial charge >= 0.3 is 0 Å². The lowest BCUT2D eigenvalue weighted by Gasteiger charge is -2.13. The number of fused-ring (bicyclic) bond motifs is 16. The molecule has 0 aliphatic carbocycles. The van der Waals surface area contributed by atoms with Crippen LogP contribution in [0, 0.1) is 0 Å². The number of hydrogen-bond acceptors (Lipinski definition) is 4. The molecule has 0 atom stereocenters. The third-order valence-corrected chi connectivity index (χ3v) is 13.8. The highest BCUT2D eigenvalue weighted by Gasteiger charge is 2.20. The average Bonchev–Trinajstić information content (AvgIpc) is 4.14. The summed E-state index contributed by atoms with van der Waals surface area (Å²) >= 11 is 0. The Morgan fingerprint density at radius 2 is 0.727 bits per heavy atom. The zero-order chi connectivity index (χ0) is 43.0. The van der Waals surface area contributed by atoms with Gasteiger partial charge < -0.3 is 17.8 Å². The minimum Gasteiger partial charge on any atom is -0.456 e. The van der Waals surface area contributed by atoms with Crippen molar-refractivity contribution in [2.45, 2.75) is 0 Å². The number of pyridine rings is 1.